The van der Waals surface area contributed by atoms with Crippen molar-refractivity contribution in [3.63, 3.8) is 0 Å². The summed E-state index contributed by atoms with van der Waals surface area (Å²) in [5, 5.41) is 11.7. The van der Waals surface area contributed by atoms with Crippen molar-refractivity contribution in [3.05, 3.63) is 47.5 Å². The van der Waals surface area contributed by atoms with Gasteiger partial charge in [-0.25, -0.2) is 4.39 Å². The van der Waals surface area contributed by atoms with E-state index in [2.05, 4.69) is 47.5 Å². The number of amides is 1. The third kappa shape index (κ3) is 4.50. The molecule has 29 heavy (non-hydrogen) atoms. The molecule has 7 heteroatoms. The first kappa shape index (κ1) is 20.0. The van der Waals surface area contributed by atoms with E-state index in [9.17, 15) is 9.18 Å². The fraction of sp³-hybridized carbons (Fsp3) is 0.591. The van der Waals surface area contributed by atoms with Crippen molar-refractivity contribution < 1.29 is 9.18 Å². The third-order valence-electron chi connectivity index (χ3n) is 6.30. The van der Waals surface area contributed by atoms with Crippen LogP contribution in [0.1, 0.15) is 44.9 Å². The molecule has 3 saturated heterocycles. The predicted molar refractivity (Wildman–Crippen MR) is 109 cm³/mol. The van der Waals surface area contributed by atoms with Crippen LogP contribution < -0.4 is 5.32 Å². The highest BCUT2D eigenvalue weighted by Gasteiger charge is 2.43. The topological polar surface area (TPSA) is 63.1 Å². The van der Waals surface area contributed by atoms with Gasteiger partial charge in [0.15, 0.2) is 0 Å². The maximum atomic E-state index is 13.0. The molecule has 4 heterocycles. The zero-order valence-corrected chi connectivity index (χ0v) is 17.4. The molecule has 1 unspecified atom stereocenters. The molecule has 5 rings (SSSR count). The van der Waals surface area contributed by atoms with Gasteiger partial charge in [0.1, 0.15) is 5.82 Å². The Kier molecular flexibility index (Phi) is 5.42. The quantitative estimate of drug-likeness (QED) is 0.840. The Labute approximate surface area is 171 Å². The van der Waals surface area contributed by atoms with Crippen molar-refractivity contribution in [3.8, 4) is 0 Å². The lowest BCUT2D eigenvalue weighted by Crippen LogP contribution is -2.58. The molecule has 3 aliphatic rings. The van der Waals surface area contributed by atoms with Gasteiger partial charge < -0.3 is 5.32 Å². The van der Waals surface area contributed by atoms with Crippen LogP contribution in [0, 0.1) is 17.7 Å². The second-order valence-electron chi connectivity index (χ2n) is 9.46. The van der Waals surface area contributed by atoms with Crippen LogP contribution in [0.5, 0.6) is 0 Å². The van der Waals surface area contributed by atoms with Crippen LogP contribution in [0.4, 0.5) is 4.39 Å². The Morgan fingerprint density at radius 3 is 2.66 bits per heavy atom. The minimum absolute atomic E-state index is 0.00217. The fourth-order valence-corrected chi connectivity index (χ4v) is 4.49. The van der Waals surface area contributed by atoms with Gasteiger partial charge in [0.25, 0.3) is 0 Å². The van der Waals surface area contributed by atoms with E-state index in [1.54, 1.807) is 12.1 Å². The van der Waals surface area contributed by atoms with Crippen molar-refractivity contribution in [1.29, 1.82) is 0 Å². The summed E-state index contributed by atoms with van der Waals surface area (Å²) in [4.78, 5) is 15.2. The number of hydrogen-bond donors (Lipinski definition) is 1. The molecule has 1 amide bonds. The van der Waals surface area contributed by atoms with E-state index in [0.29, 0.717) is 18.5 Å². The van der Waals surface area contributed by atoms with Crippen LogP contribution in [0.25, 0.3) is 0 Å². The van der Waals surface area contributed by atoms with Crippen LogP contribution >= 0.6 is 0 Å². The van der Waals surface area contributed by atoms with Gasteiger partial charge in [-0.2, -0.15) is 0 Å². The second-order valence-corrected chi connectivity index (χ2v) is 9.46. The van der Waals surface area contributed by atoms with Crippen molar-refractivity contribution >= 4 is 5.91 Å². The first-order valence-electron chi connectivity index (χ1n) is 10.5. The zero-order valence-electron chi connectivity index (χ0n) is 17.4. The van der Waals surface area contributed by atoms with Gasteiger partial charge in [0.05, 0.1) is 18.2 Å². The zero-order chi connectivity index (χ0) is 20.6. The fourth-order valence-electron chi connectivity index (χ4n) is 4.49. The number of hydrogen-bond acceptors (Lipinski definition) is 4. The first-order chi connectivity index (χ1) is 13.8. The van der Waals surface area contributed by atoms with Gasteiger partial charge in [-0.15, -0.1) is 5.10 Å². The minimum atomic E-state index is -0.259. The molecule has 0 aliphatic carbocycles. The molecule has 2 aromatic rings. The third-order valence-corrected chi connectivity index (χ3v) is 6.30. The number of nitrogens with zero attached hydrogens (tertiary/aromatic N) is 4. The largest absolute Gasteiger partial charge is 0.352 e. The lowest BCUT2D eigenvalue weighted by atomic mass is 9.75. The van der Waals surface area contributed by atoms with Gasteiger partial charge in [-0.05, 0) is 43.0 Å². The van der Waals surface area contributed by atoms with Gasteiger partial charge >= 0.3 is 0 Å². The van der Waals surface area contributed by atoms with Crippen LogP contribution in [0.15, 0.2) is 30.5 Å². The molecule has 0 spiro atoms. The highest BCUT2D eigenvalue weighted by atomic mass is 19.1. The summed E-state index contributed by atoms with van der Waals surface area (Å²) in [7, 11) is 0. The summed E-state index contributed by atoms with van der Waals surface area (Å²) >= 11 is 0. The number of carbonyl (C=O) groups is 1. The van der Waals surface area contributed by atoms with E-state index in [1.807, 2.05) is 4.68 Å². The van der Waals surface area contributed by atoms with Crippen LogP contribution in [0.3, 0.4) is 0 Å². The van der Waals surface area contributed by atoms with Crippen molar-refractivity contribution in [2.75, 3.05) is 13.1 Å². The Morgan fingerprint density at radius 1 is 1.28 bits per heavy atom. The van der Waals surface area contributed by atoms with E-state index in [4.69, 9.17) is 0 Å². The number of halogens is 1. The van der Waals surface area contributed by atoms with Crippen LogP contribution in [0.2, 0.25) is 0 Å². The lowest BCUT2D eigenvalue weighted by molar-refractivity contribution is -0.133. The molecule has 156 valence electrons. The van der Waals surface area contributed by atoms with E-state index in [0.717, 1.165) is 43.7 Å². The van der Waals surface area contributed by atoms with Crippen LogP contribution in [-0.4, -0.2) is 44.9 Å². The number of carbonyl (C=O) groups excluding carboxylic acids is 1. The molecule has 2 bridgehead atoms. The van der Waals surface area contributed by atoms with E-state index >= 15 is 0 Å². The average Bonchev–Trinajstić information content (AvgIpc) is 3.17. The SMILES string of the molecule is CC(C)(C)c1cn(C[C@H]2C[C@@H]3CCN2C[C@@H]3C(=O)NCc2ccc(F)cc2)nn1. The monoisotopic (exact) mass is 399 g/mol. The molecule has 1 aromatic carbocycles. The van der Waals surface area contributed by atoms with Crippen molar-refractivity contribution in [2.45, 2.75) is 58.2 Å². The maximum absolute atomic E-state index is 13.0. The molecule has 3 aliphatic heterocycles. The lowest BCUT2D eigenvalue weighted by Gasteiger charge is -2.49. The van der Waals surface area contributed by atoms with Gasteiger partial charge in [-0.3, -0.25) is 14.4 Å². The van der Waals surface area contributed by atoms with E-state index in [-0.39, 0.29) is 23.1 Å². The Bertz CT molecular complexity index is 857. The van der Waals surface area contributed by atoms with E-state index in [1.165, 1.54) is 12.1 Å². The molecule has 4 atom stereocenters. The number of aromatic nitrogens is 3. The molecule has 0 radical (unpaired) electrons. The normalized spacial score (nSPS) is 26.5. The van der Waals surface area contributed by atoms with Gasteiger partial charge in [-0.1, -0.05) is 38.1 Å². The molecular weight excluding hydrogens is 369 g/mol. The predicted octanol–water partition coefficient (Wildman–Crippen LogP) is 2.74. The summed E-state index contributed by atoms with van der Waals surface area (Å²) in [5.41, 5.74) is 1.92. The smallest absolute Gasteiger partial charge is 0.224 e. The number of rotatable bonds is 5. The van der Waals surface area contributed by atoms with Gasteiger partial charge in [0, 0.05) is 30.7 Å². The minimum Gasteiger partial charge on any atom is -0.352 e. The second kappa shape index (κ2) is 7.86. The first-order valence-corrected chi connectivity index (χ1v) is 10.5. The molecule has 1 N–H and O–H groups in total. The summed E-state index contributed by atoms with van der Waals surface area (Å²) in [6.07, 6.45) is 4.13. The summed E-state index contributed by atoms with van der Waals surface area (Å²) in [6, 6.07) is 6.69. The average molecular weight is 400 g/mol. The van der Waals surface area contributed by atoms with Crippen molar-refractivity contribution in [2.24, 2.45) is 11.8 Å². The maximum Gasteiger partial charge on any atom is 0.224 e. The molecular formula is C22H30FN5O. The summed E-state index contributed by atoms with van der Waals surface area (Å²) in [5.74, 6) is 0.286. The highest BCUT2D eigenvalue weighted by Crippen LogP contribution is 2.37. The Balaban J connectivity index is 1.33. The molecule has 1 aromatic heterocycles. The summed E-state index contributed by atoms with van der Waals surface area (Å²) in [6.45, 7) is 9.53. The Morgan fingerprint density at radius 2 is 2.03 bits per heavy atom. The highest BCUT2D eigenvalue weighted by molar-refractivity contribution is 5.79. The molecule has 6 nitrogen and oxygen atoms in total. The van der Waals surface area contributed by atoms with Gasteiger partial charge in [0.2, 0.25) is 5.91 Å². The van der Waals surface area contributed by atoms with Crippen LogP contribution in [-0.2, 0) is 23.3 Å². The number of nitrogens with one attached hydrogen (secondary N) is 1. The summed E-state index contributed by atoms with van der Waals surface area (Å²) < 4.78 is 15.0. The van der Waals surface area contributed by atoms with E-state index < -0.39 is 0 Å². The number of piperidine rings is 3. The molecule has 3 fully saturated rings. The standard InChI is InChI=1S/C22H30FN5O/c1-22(2,3)20-14-28(26-25-20)12-18-10-16-8-9-27(18)13-19(16)21(29)24-11-15-4-6-17(23)7-5-15/h4-7,14,16,18-19H,8-13H2,1-3H3,(H,24,29)/t16-,18+,19-/m0/s1. The Hall–Kier alpha value is -2.28. The number of fused-ring (bicyclic) bond motifs is 3. The molecule has 0 saturated carbocycles. The van der Waals surface area contributed by atoms with Crippen molar-refractivity contribution in [1.82, 2.24) is 25.2 Å². The number of benzene rings is 1.